The molecule has 1 aliphatic carbocycles. The van der Waals surface area contributed by atoms with E-state index in [4.69, 9.17) is 0 Å². The predicted molar refractivity (Wildman–Crippen MR) is 109 cm³/mol. The lowest BCUT2D eigenvalue weighted by atomic mass is 9.87. The smallest absolute Gasteiger partial charge is 0.00577 e. The second-order valence-corrected chi connectivity index (χ2v) is 6.77. The van der Waals surface area contributed by atoms with Gasteiger partial charge in [0.1, 0.15) is 0 Å². The van der Waals surface area contributed by atoms with Crippen LogP contribution in [-0.2, 0) is 12.8 Å². The van der Waals surface area contributed by atoms with Crippen molar-refractivity contribution in [1.82, 2.24) is 0 Å². The summed E-state index contributed by atoms with van der Waals surface area (Å²) in [6.07, 6.45) is 5.73. The van der Waals surface area contributed by atoms with Gasteiger partial charge in [-0.3, -0.25) is 0 Å². The molecule has 0 bridgehead atoms. The van der Waals surface area contributed by atoms with E-state index < -0.39 is 0 Å². The maximum Gasteiger partial charge on any atom is -0.00577 e. The van der Waals surface area contributed by atoms with Crippen molar-refractivity contribution in [2.24, 2.45) is 0 Å². The van der Waals surface area contributed by atoms with Crippen LogP contribution in [0.5, 0.6) is 0 Å². The lowest BCUT2D eigenvalue weighted by molar-refractivity contribution is 1.04. The molecule has 0 fully saturated rings. The molecule has 0 amide bonds. The molecular weight excluding hydrogens is 300 g/mol. The SMILES string of the molecule is CCC1=Cc2c(ccc(CC)c2-c2ccccc2-c2ccccc2)C1. The summed E-state index contributed by atoms with van der Waals surface area (Å²) in [7, 11) is 0. The Balaban J connectivity index is 1.98. The lowest BCUT2D eigenvalue weighted by Gasteiger charge is -2.17. The Hall–Kier alpha value is -2.60. The average Bonchev–Trinajstić information content (AvgIpc) is 3.11. The first-order chi connectivity index (χ1) is 12.3. The van der Waals surface area contributed by atoms with Gasteiger partial charge in [0.05, 0.1) is 0 Å². The van der Waals surface area contributed by atoms with E-state index in [2.05, 4.69) is 86.7 Å². The minimum Gasteiger partial charge on any atom is -0.0655 e. The van der Waals surface area contributed by atoms with Gasteiger partial charge in [-0.1, -0.05) is 92.2 Å². The second kappa shape index (κ2) is 6.72. The third-order valence-corrected chi connectivity index (χ3v) is 5.30. The van der Waals surface area contributed by atoms with Gasteiger partial charge >= 0.3 is 0 Å². The molecule has 0 saturated heterocycles. The van der Waals surface area contributed by atoms with Gasteiger partial charge in [0, 0.05) is 0 Å². The highest BCUT2D eigenvalue weighted by Gasteiger charge is 2.20. The summed E-state index contributed by atoms with van der Waals surface area (Å²) >= 11 is 0. The first kappa shape index (κ1) is 15.9. The Labute approximate surface area is 150 Å². The largest absolute Gasteiger partial charge is 0.0655 e. The first-order valence-electron chi connectivity index (χ1n) is 9.30. The minimum atomic E-state index is 1.06. The maximum atomic E-state index is 2.44. The fourth-order valence-electron chi connectivity index (χ4n) is 3.94. The van der Waals surface area contributed by atoms with E-state index in [1.54, 1.807) is 5.57 Å². The van der Waals surface area contributed by atoms with Crippen LogP contribution in [0, 0.1) is 0 Å². The predicted octanol–water partition coefficient (Wildman–Crippen LogP) is 6.93. The molecule has 0 spiro atoms. The van der Waals surface area contributed by atoms with Crippen LogP contribution in [0.15, 0.2) is 72.3 Å². The maximum absolute atomic E-state index is 2.44. The Morgan fingerprint density at radius 1 is 0.720 bits per heavy atom. The van der Waals surface area contributed by atoms with Gasteiger partial charge in [-0.25, -0.2) is 0 Å². The van der Waals surface area contributed by atoms with E-state index in [9.17, 15) is 0 Å². The molecule has 1 aliphatic rings. The number of allylic oxidation sites excluding steroid dienone is 1. The van der Waals surface area contributed by atoms with Crippen molar-refractivity contribution in [3.63, 3.8) is 0 Å². The lowest BCUT2D eigenvalue weighted by Crippen LogP contribution is -1.96. The molecule has 0 radical (unpaired) electrons. The zero-order chi connectivity index (χ0) is 17.2. The molecular formula is C25H24. The summed E-state index contributed by atoms with van der Waals surface area (Å²) in [6, 6.07) is 24.3. The third-order valence-electron chi connectivity index (χ3n) is 5.30. The van der Waals surface area contributed by atoms with E-state index >= 15 is 0 Å². The van der Waals surface area contributed by atoms with Crippen LogP contribution in [0.25, 0.3) is 28.3 Å². The number of aryl methyl sites for hydroxylation is 1. The van der Waals surface area contributed by atoms with Gasteiger partial charge < -0.3 is 0 Å². The quantitative estimate of drug-likeness (QED) is 0.488. The van der Waals surface area contributed by atoms with Gasteiger partial charge in [-0.2, -0.15) is 0 Å². The van der Waals surface area contributed by atoms with Gasteiger partial charge in [0.2, 0.25) is 0 Å². The molecule has 3 aromatic carbocycles. The number of rotatable bonds is 4. The summed E-state index contributed by atoms with van der Waals surface area (Å²) in [4.78, 5) is 0. The van der Waals surface area contributed by atoms with Gasteiger partial charge in [-0.05, 0) is 58.2 Å². The molecule has 124 valence electrons. The van der Waals surface area contributed by atoms with Gasteiger partial charge in [0.15, 0.2) is 0 Å². The Morgan fingerprint density at radius 3 is 2.16 bits per heavy atom. The highest BCUT2D eigenvalue weighted by molar-refractivity contribution is 5.91. The third kappa shape index (κ3) is 2.82. The molecule has 0 nitrogen and oxygen atoms in total. The van der Waals surface area contributed by atoms with E-state index in [0.29, 0.717) is 0 Å². The standard InChI is InChI=1S/C25H24/c1-3-18-16-21-15-14-19(4-2)25(24(21)17-18)23-13-9-8-12-22(23)20-10-6-5-7-11-20/h5-15,17H,3-4,16H2,1-2H3. The highest BCUT2D eigenvalue weighted by Crippen LogP contribution is 2.41. The summed E-state index contributed by atoms with van der Waals surface area (Å²) < 4.78 is 0. The Morgan fingerprint density at radius 2 is 1.44 bits per heavy atom. The fourth-order valence-corrected chi connectivity index (χ4v) is 3.94. The molecule has 25 heavy (non-hydrogen) atoms. The minimum absolute atomic E-state index is 1.06. The summed E-state index contributed by atoms with van der Waals surface area (Å²) in [5, 5.41) is 0. The number of benzene rings is 3. The normalized spacial score (nSPS) is 12.8. The summed E-state index contributed by atoms with van der Waals surface area (Å²) in [5.74, 6) is 0. The molecule has 0 aliphatic heterocycles. The van der Waals surface area contributed by atoms with Crippen molar-refractivity contribution in [3.8, 4) is 22.3 Å². The molecule has 0 heteroatoms. The van der Waals surface area contributed by atoms with Crippen LogP contribution < -0.4 is 0 Å². The van der Waals surface area contributed by atoms with Crippen molar-refractivity contribution in [1.29, 1.82) is 0 Å². The highest BCUT2D eigenvalue weighted by atomic mass is 14.2. The summed E-state index contributed by atoms with van der Waals surface area (Å²) in [5.41, 5.74) is 11.3. The number of hydrogen-bond donors (Lipinski definition) is 0. The first-order valence-corrected chi connectivity index (χ1v) is 9.30. The Kier molecular flexibility index (Phi) is 4.28. The van der Waals surface area contributed by atoms with Crippen LogP contribution in [0.1, 0.15) is 37.0 Å². The van der Waals surface area contributed by atoms with E-state index in [-0.39, 0.29) is 0 Å². The van der Waals surface area contributed by atoms with Crippen molar-refractivity contribution in [2.45, 2.75) is 33.1 Å². The molecule has 3 aromatic rings. The van der Waals surface area contributed by atoms with Crippen molar-refractivity contribution >= 4 is 6.08 Å². The number of fused-ring (bicyclic) bond motifs is 1. The van der Waals surface area contributed by atoms with Crippen LogP contribution in [0.2, 0.25) is 0 Å². The average molecular weight is 324 g/mol. The van der Waals surface area contributed by atoms with E-state index in [1.807, 2.05) is 0 Å². The monoisotopic (exact) mass is 324 g/mol. The van der Waals surface area contributed by atoms with Gasteiger partial charge in [-0.15, -0.1) is 0 Å². The van der Waals surface area contributed by atoms with Crippen LogP contribution in [0.4, 0.5) is 0 Å². The Bertz CT molecular complexity index is 930. The van der Waals surface area contributed by atoms with Crippen molar-refractivity contribution in [3.05, 3.63) is 89.0 Å². The summed E-state index contributed by atoms with van der Waals surface area (Å²) in [6.45, 7) is 4.52. The molecule has 0 N–H and O–H groups in total. The second-order valence-electron chi connectivity index (χ2n) is 6.77. The topological polar surface area (TPSA) is 0 Å². The molecule has 0 heterocycles. The molecule has 0 aromatic heterocycles. The zero-order valence-electron chi connectivity index (χ0n) is 15.0. The van der Waals surface area contributed by atoms with E-state index in [0.717, 1.165) is 19.3 Å². The van der Waals surface area contributed by atoms with Crippen molar-refractivity contribution < 1.29 is 0 Å². The van der Waals surface area contributed by atoms with Crippen LogP contribution in [-0.4, -0.2) is 0 Å². The van der Waals surface area contributed by atoms with Crippen LogP contribution in [0.3, 0.4) is 0 Å². The zero-order valence-corrected chi connectivity index (χ0v) is 15.0. The number of hydrogen-bond acceptors (Lipinski definition) is 0. The van der Waals surface area contributed by atoms with Crippen molar-refractivity contribution in [2.75, 3.05) is 0 Å². The fraction of sp³-hybridized carbons (Fsp3) is 0.200. The van der Waals surface area contributed by atoms with E-state index in [1.165, 1.54) is 38.9 Å². The van der Waals surface area contributed by atoms with Crippen LogP contribution >= 0.6 is 0 Å². The molecule has 4 rings (SSSR count). The molecule has 0 saturated carbocycles. The molecule has 0 unspecified atom stereocenters. The van der Waals surface area contributed by atoms with Gasteiger partial charge in [0.25, 0.3) is 0 Å². The molecule has 0 atom stereocenters.